The number of nitrogen functional groups attached to an aromatic ring is 1. The fourth-order valence-electron chi connectivity index (χ4n) is 1.65. The monoisotopic (exact) mass is 296 g/mol. The van der Waals surface area contributed by atoms with Crippen LogP contribution in [0.5, 0.6) is 0 Å². The van der Waals surface area contributed by atoms with Gasteiger partial charge in [-0.05, 0) is 30.3 Å². The standard InChI is InChI=1S/C13H13ClN2O2S/c14-12-5-4-10(15)9-13(12)19(17,18)8-6-11-3-1-2-7-16-11/h1-5,7,9H,6,8,15H2. The third-order valence-corrected chi connectivity index (χ3v) is 4.83. The summed E-state index contributed by atoms with van der Waals surface area (Å²) in [5.41, 5.74) is 6.70. The van der Waals surface area contributed by atoms with Crippen LogP contribution in [0, 0.1) is 0 Å². The molecular weight excluding hydrogens is 284 g/mol. The van der Waals surface area contributed by atoms with Gasteiger partial charge >= 0.3 is 0 Å². The predicted octanol–water partition coefficient (Wildman–Crippen LogP) is 2.33. The summed E-state index contributed by atoms with van der Waals surface area (Å²) in [6.07, 6.45) is 1.98. The minimum absolute atomic E-state index is 0.0484. The molecule has 0 aliphatic rings. The molecule has 19 heavy (non-hydrogen) atoms. The molecule has 4 nitrogen and oxygen atoms in total. The predicted molar refractivity (Wildman–Crippen MR) is 75.9 cm³/mol. The highest BCUT2D eigenvalue weighted by Gasteiger charge is 2.18. The van der Waals surface area contributed by atoms with Crippen LogP contribution in [0.1, 0.15) is 5.69 Å². The van der Waals surface area contributed by atoms with Crippen molar-refractivity contribution in [1.29, 1.82) is 0 Å². The summed E-state index contributed by atoms with van der Waals surface area (Å²) in [4.78, 5) is 4.17. The first-order valence-electron chi connectivity index (χ1n) is 5.67. The molecular formula is C13H13ClN2O2S. The van der Waals surface area contributed by atoms with E-state index >= 15 is 0 Å². The molecule has 0 spiro atoms. The van der Waals surface area contributed by atoms with Gasteiger partial charge in [0.25, 0.3) is 0 Å². The molecule has 0 saturated carbocycles. The van der Waals surface area contributed by atoms with Crippen molar-refractivity contribution in [3.8, 4) is 0 Å². The number of anilines is 1. The number of aryl methyl sites for hydroxylation is 1. The second-order valence-electron chi connectivity index (χ2n) is 4.08. The van der Waals surface area contributed by atoms with Crippen molar-refractivity contribution in [3.05, 3.63) is 53.3 Å². The van der Waals surface area contributed by atoms with Crippen LogP contribution in [0.3, 0.4) is 0 Å². The van der Waals surface area contributed by atoms with Crippen molar-refractivity contribution in [2.24, 2.45) is 0 Å². The number of nitrogens with two attached hydrogens (primary N) is 1. The van der Waals surface area contributed by atoms with Gasteiger partial charge in [0.2, 0.25) is 0 Å². The van der Waals surface area contributed by atoms with E-state index in [1.54, 1.807) is 24.4 Å². The molecule has 1 aromatic heterocycles. The van der Waals surface area contributed by atoms with Crippen LogP contribution in [0.15, 0.2) is 47.5 Å². The zero-order chi connectivity index (χ0) is 13.9. The van der Waals surface area contributed by atoms with Gasteiger partial charge < -0.3 is 5.73 Å². The number of hydrogen-bond acceptors (Lipinski definition) is 4. The van der Waals surface area contributed by atoms with Crippen molar-refractivity contribution >= 4 is 27.1 Å². The van der Waals surface area contributed by atoms with E-state index in [-0.39, 0.29) is 15.7 Å². The Balaban J connectivity index is 2.21. The van der Waals surface area contributed by atoms with Gasteiger partial charge in [-0.1, -0.05) is 17.7 Å². The first-order chi connectivity index (χ1) is 8.99. The molecule has 100 valence electrons. The van der Waals surface area contributed by atoms with Gasteiger partial charge in [0.05, 0.1) is 15.7 Å². The lowest BCUT2D eigenvalue weighted by Gasteiger charge is -2.07. The Labute approximate surface area is 117 Å². The Morgan fingerprint density at radius 2 is 2.00 bits per heavy atom. The molecule has 0 aliphatic carbocycles. The maximum Gasteiger partial charge on any atom is 0.180 e. The van der Waals surface area contributed by atoms with Crippen LogP contribution in [0.25, 0.3) is 0 Å². The van der Waals surface area contributed by atoms with E-state index in [1.807, 2.05) is 6.07 Å². The molecule has 0 unspecified atom stereocenters. The highest BCUT2D eigenvalue weighted by molar-refractivity contribution is 7.91. The van der Waals surface area contributed by atoms with E-state index in [1.165, 1.54) is 12.1 Å². The number of halogens is 1. The van der Waals surface area contributed by atoms with Gasteiger partial charge in [-0.3, -0.25) is 4.98 Å². The van der Waals surface area contributed by atoms with Crippen LogP contribution in [-0.4, -0.2) is 19.2 Å². The van der Waals surface area contributed by atoms with Crippen molar-refractivity contribution in [2.45, 2.75) is 11.3 Å². The van der Waals surface area contributed by atoms with Crippen molar-refractivity contribution in [1.82, 2.24) is 4.98 Å². The fraction of sp³-hybridized carbons (Fsp3) is 0.154. The van der Waals surface area contributed by atoms with Crippen molar-refractivity contribution in [2.75, 3.05) is 11.5 Å². The third kappa shape index (κ3) is 3.45. The smallest absolute Gasteiger partial charge is 0.180 e. The normalized spacial score (nSPS) is 11.4. The molecule has 6 heteroatoms. The first kappa shape index (κ1) is 13.8. The molecule has 0 saturated heterocycles. The summed E-state index contributed by atoms with van der Waals surface area (Å²) in [5, 5.41) is 0.190. The number of sulfone groups is 1. The third-order valence-electron chi connectivity index (χ3n) is 2.64. The van der Waals surface area contributed by atoms with Gasteiger partial charge in [-0.2, -0.15) is 0 Å². The van der Waals surface area contributed by atoms with Crippen LogP contribution < -0.4 is 5.73 Å². The fourth-order valence-corrected chi connectivity index (χ4v) is 3.50. The van der Waals surface area contributed by atoms with E-state index in [0.717, 1.165) is 5.69 Å². The van der Waals surface area contributed by atoms with Crippen LogP contribution in [0.4, 0.5) is 5.69 Å². The molecule has 0 bridgehead atoms. The number of aromatic nitrogens is 1. The quantitative estimate of drug-likeness (QED) is 0.879. The number of benzene rings is 1. The van der Waals surface area contributed by atoms with E-state index in [2.05, 4.69) is 4.98 Å². The van der Waals surface area contributed by atoms with E-state index in [9.17, 15) is 8.42 Å². The molecule has 2 rings (SSSR count). The SMILES string of the molecule is Nc1ccc(Cl)c(S(=O)(=O)CCc2ccccn2)c1. The lowest BCUT2D eigenvalue weighted by Crippen LogP contribution is -2.11. The lowest BCUT2D eigenvalue weighted by molar-refractivity contribution is 0.595. The van der Waals surface area contributed by atoms with Crippen LogP contribution in [0.2, 0.25) is 5.02 Å². The van der Waals surface area contributed by atoms with Crippen LogP contribution >= 0.6 is 11.6 Å². The average molecular weight is 297 g/mol. The average Bonchev–Trinajstić information content (AvgIpc) is 2.40. The first-order valence-corrected chi connectivity index (χ1v) is 7.70. The molecule has 0 atom stereocenters. The molecule has 0 radical (unpaired) electrons. The second-order valence-corrected chi connectivity index (χ2v) is 6.56. The maximum absolute atomic E-state index is 12.2. The molecule has 0 amide bonds. The van der Waals surface area contributed by atoms with E-state index in [0.29, 0.717) is 12.1 Å². The topological polar surface area (TPSA) is 73.1 Å². The molecule has 0 fully saturated rings. The van der Waals surface area contributed by atoms with Crippen molar-refractivity contribution < 1.29 is 8.42 Å². The number of nitrogens with zero attached hydrogens (tertiary/aromatic N) is 1. The summed E-state index contributed by atoms with van der Waals surface area (Å²) in [7, 11) is -3.46. The largest absolute Gasteiger partial charge is 0.399 e. The molecule has 2 N–H and O–H groups in total. The molecule has 1 heterocycles. The summed E-state index contributed by atoms with van der Waals surface area (Å²) in [6.45, 7) is 0. The maximum atomic E-state index is 12.2. The van der Waals surface area contributed by atoms with E-state index in [4.69, 9.17) is 17.3 Å². The summed E-state index contributed by atoms with van der Waals surface area (Å²) in [5.74, 6) is -0.0484. The van der Waals surface area contributed by atoms with Gasteiger partial charge in [0.15, 0.2) is 9.84 Å². The summed E-state index contributed by atoms with van der Waals surface area (Å²) in [6, 6.07) is 9.84. The van der Waals surface area contributed by atoms with Crippen molar-refractivity contribution in [3.63, 3.8) is 0 Å². The van der Waals surface area contributed by atoms with Crippen LogP contribution in [-0.2, 0) is 16.3 Å². The Bertz CT molecular complexity index is 672. The Kier molecular flexibility index (Phi) is 4.07. The molecule has 0 aliphatic heterocycles. The highest BCUT2D eigenvalue weighted by atomic mass is 35.5. The summed E-state index contributed by atoms with van der Waals surface area (Å²) >= 11 is 5.91. The lowest BCUT2D eigenvalue weighted by atomic mass is 10.3. The zero-order valence-corrected chi connectivity index (χ0v) is 11.7. The van der Waals surface area contributed by atoms with Gasteiger partial charge in [0.1, 0.15) is 0 Å². The molecule has 1 aromatic carbocycles. The number of pyridine rings is 1. The Morgan fingerprint density at radius 1 is 1.21 bits per heavy atom. The van der Waals surface area contributed by atoms with E-state index < -0.39 is 9.84 Å². The molecule has 2 aromatic rings. The van der Waals surface area contributed by atoms with Gasteiger partial charge in [-0.25, -0.2) is 8.42 Å². The Hall–Kier alpha value is -1.59. The second kappa shape index (κ2) is 5.59. The Morgan fingerprint density at radius 3 is 2.68 bits per heavy atom. The minimum Gasteiger partial charge on any atom is -0.399 e. The number of hydrogen-bond donors (Lipinski definition) is 1. The number of rotatable bonds is 4. The zero-order valence-electron chi connectivity index (χ0n) is 10.1. The minimum atomic E-state index is -3.46. The van der Waals surface area contributed by atoms with Gasteiger partial charge in [0, 0.05) is 24.0 Å². The van der Waals surface area contributed by atoms with Gasteiger partial charge in [-0.15, -0.1) is 0 Å². The summed E-state index contributed by atoms with van der Waals surface area (Å²) < 4.78 is 24.4. The highest BCUT2D eigenvalue weighted by Crippen LogP contribution is 2.25.